The van der Waals surface area contributed by atoms with Gasteiger partial charge in [0.25, 0.3) is 0 Å². The molecule has 0 heterocycles. The summed E-state index contributed by atoms with van der Waals surface area (Å²) < 4.78 is 27.1. The van der Waals surface area contributed by atoms with Gasteiger partial charge in [0.2, 0.25) is 10.0 Å². The summed E-state index contributed by atoms with van der Waals surface area (Å²) in [4.78, 5) is 0. The average molecular weight is 262 g/mol. The van der Waals surface area contributed by atoms with Crippen molar-refractivity contribution in [2.24, 2.45) is 5.73 Å². The lowest BCUT2D eigenvalue weighted by Crippen LogP contribution is -2.45. The van der Waals surface area contributed by atoms with E-state index in [0.717, 1.165) is 44.9 Å². The molecule has 1 fully saturated rings. The Labute approximate surface area is 105 Å². The number of hydrogen-bond acceptors (Lipinski definition) is 3. The Morgan fingerprint density at radius 2 is 1.94 bits per heavy atom. The highest BCUT2D eigenvalue weighted by atomic mass is 32.2. The molecular formula is C12H26N2O2S. The highest BCUT2D eigenvalue weighted by Gasteiger charge is 2.28. The fourth-order valence-electron chi connectivity index (χ4n) is 2.38. The molecule has 0 radical (unpaired) electrons. The van der Waals surface area contributed by atoms with Crippen LogP contribution in [0.5, 0.6) is 0 Å². The van der Waals surface area contributed by atoms with Gasteiger partial charge in [0.05, 0.1) is 5.25 Å². The lowest BCUT2D eigenvalue weighted by atomic mass is 10.0. The van der Waals surface area contributed by atoms with Crippen LogP contribution in [0, 0.1) is 0 Å². The minimum atomic E-state index is -3.16. The first-order valence-corrected chi connectivity index (χ1v) is 8.36. The summed E-state index contributed by atoms with van der Waals surface area (Å²) in [5.74, 6) is 0. The molecule has 1 aliphatic carbocycles. The Morgan fingerprint density at radius 1 is 1.29 bits per heavy atom. The van der Waals surface area contributed by atoms with E-state index in [2.05, 4.69) is 11.6 Å². The fourth-order valence-corrected chi connectivity index (χ4v) is 4.20. The van der Waals surface area contributed by atoms with Crippen molar-refractivity contribution in [3.63, 3.8) is 0 Å². The van der Waals surface area contributed by atoms with Crippen LogP contribution in [0.3, 0.4) is 0 Å². The van der Waals surface area contributed by atoms with Crippen molar-refractivity contribution in [1.82, 2.24) is 4.72 Å². The molecule has 1 atom stereocenters. The second-order valence-corrected chi connectivity index (χ2v) is 6.99. The van der Waals surface area contributed by atoms with Crippen LogP contribution in [0.1, 0.15) is 58.3 Å². The average Bonchev–Trinajstić information content (AvgIpc) is 2.35. The van der Waals surface area contributed by atoms with Gasteiger partial charge in [-0.25, -0.2) is 13.1 Å². The summed E-state index contributed by atoms with van der Waals surface area (Å²) in [6.07, 6.45) is 7.79. The molecular weight excluding hydrogens is 236 g/mol. The fraction of sp³-hybridized carbons (Fsp3) is 1.00. The summed E-state index contributed by atoms with van der Waals surface area (Å²) in [7, 11) is -3.16. The Hall–Kier alpha value is -0.130. The van der Waals surface area contributed by atoms with Crippen LogP contribution in [-0.2, 0) is 10.0 Å². The van der Waals surface area contributed by atoms with Crippen molar-refractivity contribution in [3.05, 3.63) is 0 Å². The summed E-state index contributed by atoms with van der Waals surface area (Å²) in [5.41, 5.74) is 5.62. The van der Waals surface area contributed by atoms with Crippen molar-refractivity contribution >= 4 is 10.0 Å². The second-order valence-electron chi connectivity index (χ2n) is 5.00. The molecule has 1 unspecified atom stereocenters. The first-order valence-electron chi connectivity index (χ1n) is 6.81. The highest BCUT2D eigenvalue weighted by Crippen LogP contribution is 2.23. The van der Waals surface area contributed by atoms with Gasteiger partial charge in [-0.2, -0.15) is 0 Å². The largest absolute Gasteiger partial charge is 0.329 e. The lowest BCUT2D eigenvalue weighted by molar-refractivity contribution is 0.462. The first-order chi connectivity index (χ1) is 8.10. The Balaban J connectivity index is 2.50. The number of hydrogen-bond donors (Lipinski definition) is 2. The van der Waals surface area contributed by atoms with Gasteiger partial charge < -0.3 is 5.73 Å². The predicted molar refractivity (Wildman–Crippen MR) is 71.3 cm³/mol. The zero-order chi connectivity index (χ0) is 12.7. The van der Waals surface area contributed by atoms with Crippen molar-refractivity contribution in [2.45, 2.75) is 69.6 Å². The van der Waals surface area contributed by atoms with E-state index < -0.39 is 10.0 Å². The summed E-state index contributed by atoms with van der Waals surface area (Å²) in [6, 6.07) is -0.0816. The zero-order valence-corrected chi connectivity index (χ0v) is 11.6. The van der Waals surface area contributed by atoms with Gasteiger partial charge in [0.15, 0.2) is 0 Å². The van der Waals surface area contributed by atoms with Crippen LogP contribution >= 0.6 is 0 Å². The molecule has 0 amide bonds. The van der Waals surface area contributed by atoms with Gasteiger partial charge in [-0.15, -0.1) is 0 Å². The maximum atomic E-state index is 12.2. The Kier molecular flexibility index (Phi) is 6.44. The van der Waals surface area contributed by atoms with E-state index in [1.54, 1.807) is 0 Å². The normalized spacial score (nSPS) is 20.4. The molecule has 5 heteroatoms. The van der Waals surface area contributed by atoms with E-state index in [-0.39, 0.29) is 11.3 Å². The maximum absolute atomic E-state index is 12.2. The minimum Gasteiger partial charge on any atom is -0.329 e. The number of unbranched alkanes of at least 4 members (excludes halogenated alkanes) is 1. The van der Waals surface area contributed by atoms with Crippen molar-refractivity contribution in [3.8, 4) is 0 Å². The van der Waals surface area contributed by atoms with E-state index >= 15 is 0 Å². The molecule has 0 aromatic rings. The van der Waals surface area contributed by atoms with E-state index in [4.69, 9.17) is 5.73 Å². The molecule has 17 heavy (non-hydrogen) atoms. The van der Waals surface area contributed by atoms with Gasteiger partial charge in [-0.1, -0.05) is 39.0 Å². The SMILES string of the molecule is CCCCC(CN)NS(=O)(=O)C1CCCCC1. The van der Waals surface area contributed by atoms with E-state index in [0.29, 0.717) is 6.54 Å². The monoisotopic (exact) mass is 262 g/mol. The molecule has 0 saturated heterocycles. The number of nitrogens with two attached hydrogens (primary N) is 1. The standard InChI is InChI=1S/C12H26N2O2S/c1-2-3-7-11(10-13)14-17(15,16)12-8-5-4-6-9-12/h11-12,14H,2-10,13H2,1H3. The molecule has 0 aromatic heterocycles. The lowest BCUT2D eigenvalue weighted by Gasteiger charge is -2.25. The third kappa shape index (κ3) is 4.94. The van der Waals surface area contributed by atoms with Crippen molar-refractivity contribution in [2.75, 3.05) is 6.54 Å². The van der Waals surface area contributed by atoms with Gasteiger partial charge in [-0.3, -0.25) is 0 Å². The predicted octanol–water partition coefficient (Wildman–Crippen LogP) is 1.76. The smallest absolute Gasteiger partial charge is 0.214 e. The van der Waals surface area contributed by atoms with E-state index in [9.17, 15) is 8.42 Å². The molecule has 0 bridgehead atoms. The molecule has 1 aliphatic rings. The topological polar surface area (TPSA) is 72.2 Å². The summed E-state index contributed by atoms with van der Waals surface area (Å²) in [6.45, 7) is 2.50. The van der Waals surface area contributed by atoms with Gasteiger partial charge in [-0.05, 0) is 19.3 Å². The molecule has 3 N–H and O–H groups in total. The first kappa shape index (κ1) is 14.9. The minimum absolute atomic E-state index is 0.0816. The van der Waals surface area contributed by atoms with Gasteiger partial charge >= 0.3 is 0 Å². The van der Waals surface area contributed by atoms with Crippen LogP contribution in [-0.4, -0.2) is 26.3 Å². The number of nitrogens with one attached hydrogen (secondary N) is 1. The molecule has 1 rings (SSSR count). The zero-order valence-electron chi connectivity index (χ0n) is 10.8. The van der Waals surface area contributed by atoms with Crippen LogP contribution in [0.25, 0.3) is 0 Å². The van der Waals surface area contributed by atoms with Crippen molar-refractivity contribution < 1.29 is 8.42 Å². The Bertz CT molecular complexity index is 298. The molecule has 102 valence electrons. The third-order valence-electron chi connectivity index (χ3n) is 3.51. The molecule has 0 aromatic carbocycles. The van der Waals surface area contributed by atoms with Crippen LogP contribution in [0.4, 0.5) is 0 Å². The van der Waals surface area contributed by atoms with Crippen LogP contribution < -0.4 is 10.5 Å². The number of rotatable bonds is 7. The molecule has 0 spiro atoms. The maximum Gasteiger partial charge on any atom is 0.214 e. The second kappa shape index (κ2) is 7.34. The Morgan fingerprint density at radius 3 is 2.47 bits per heavy atom. The van der Waals surface area contributed by atoms with Gasteiger partial charge in [0, 0.05) is 12.6 Å². The molecule has 4 nitrogen and oxygen atoms in total. The quantitative estimate of drug-likeness (QED) is 0.734. The van der Waals surface area contributed by atoms with E-state index in [1.807, 2.05) is 0 Å². The van der Waals surface area contributed by atoms with Gasteiger partial charge in [0.1, 0.15) is 0 Å². The van der Waals surface area contributed by atoms with E-state index in [1.165, 1.54) is 6.42 Å². The van der Waals surface area contributed by atoms with Crippen LogP contribution in [0.15, 0.2) is 0 Å². The van der Waals surface area contributed by atoms with Crippen molar-refractivity contribution in [1.29, 1.82) is 0 Å². The third-order valence-corrected chi connectivity index (χ3v) is 5.52. The summed E-state index contributed by atoms with van der Waals surface area (Å²) in [5, 5.41) is -0.188. The summed E-state index contributed by atoms with van der Waals surface area (Å²) >= 11 is 0. The highest BCUT2D eigenvalue weighted by molar-refractivity contribution is 7.90. The number of sulfonamides is 1. The van der Waals surface area contributed by atoms with Crippen LogP contribution in [0.2, 0.25) is 0 Å². The molecule has 1 saturated carbocycles. The molecule has 0 aliphatic heterocycles.